The van der Waals surface area contributed by atoms with Gasteiger partial charge in [-0.15, -0.1) is 0 Å². The zero-order valence-electron chi connectivity index (χ0n) is 17.9. The standard InChI is InChI=1S/C25H23NO6S/c1-33(30,31)17-12-10-16(11-13-17)23(14-24(27)28)26-25(29)32-15-22-20-8-4-2-6-18(20)19-7-3-5-9-21(19)22/h2-13,22-23H,14-15H2,1H3,(H,26,29)(H,27,28). The lowest BCUT2D eigenvalue weighted by molar-refractivity contribution is -0.137. The summed E-state index contributed by atoms with van der Waals surface area (Å²) in [6, 6.07) is 20.8. The summed E-state index contributed by atoms with van der Waals surface area (Å²) >= 11 is 0. The van der Waals surface area contributed by atoms with Crippen LogP contribution in [0, 0.1) is 0 Å². The molecule has 4 rings (SSSR count). The monoisotopic (exact) mass is 465 g/mol. The van der Waals surface area contributed by atoms with Crippen LogP contribution in [0.3, 0.4) is 0 Å². The number of nitrogens with one attached hydrogen (secondary N) is 1. The number of aliphatic carboxylic acids is 1. The Bertz CT molecular complexity index is 1250. The van der Waals surface area contributed by atoms with Gasteiger partial charge in [0.15, 0.2) is 9.84 Å². The summed E-state index contributed by atoms with van der Waals surface area (Å²) in [6.07, 6.45) is -0.0241. The van der Waals surface area contributed by atoms with E-state index in [2.05, 4.69) is 5.32 Å². The molecule has 1 aliphatic rings. The number of hydrogen-bond acceptors (Lipinski definition) is 5. The summed E-state index contributed by atoms with van der Waals surface area (Å²) < 4.78 is 28.9. The number of hydrogen-bond donors (Lipinski definition) is 2. The molecule has 0 fully saturated rings. The van der Waals surface area contributed by atoms with Crippen LogP contribution >= 0.6 is 0 Å². The van der Waals surface area contributed by atoms with E-state index < -0.39 is 27.9 Å². The van der Waals surface area contributed by atoms with Crippen LogP contribution in [0.2, 0.25) is 0 Å². The van der Waals surface area contributed by atoms with Gasteiger partial charge in [0.2, 0.25) is 0 Å². The second kappa shape index (κ2) is 9.07. The Morgan fingerprint density at radius 1 is 0.939 bits per heavy atom. The molecule has 0 heterocycles. The lowest BCUT2D eigenvalue weighted by Crippen LogP contribution is -2.31. The van der Waals surface area contributed by atoms with Crippen LogP contribution in [0.4, 0.5) is 4.79 Å². The third kappa shape index (κ3) is 4.90. The number of benzene rings is 3. The van der Waals surface area contributed by atoms with Gasteiger partial charge in [-0.3, -0.25) is 4.79 Å². The van der Waals surface area contributed by atoms with Crippen molar-refractivity contribution in [3.05, 3.63) is 89.5 Å². The zero-order chi connectivity index (χ0) is 23.6. The van der Waals surface area contributed by atoms with Crippen LogP contribution in [0.1, 0.15) is 35.1 Å². The quantitative estimate of drug-likeness (QED) is 0.543. The number of carboxylic acids is 1. The number of alkyl carbamates (subject to hydrolysis) is 1. The summed E-state index contributed by atoms with van der Waals surface area (Å²) in [6.45, 7) is 0.104. The Morgan fingerprint density at radius 2 is 1.48 bits per heavy atom. The van der Waals surface area contributed by atoms with Gasteiger partial charge in [-0.2, -0.15) is 0 Å². The highest BCUT2D eigenvalue weighted by Gasteiger charge is 2.29. The van der Waals surface area contributed by atoms with E-state index in [-0.39, 0.29) is 23.8 Å². The minimum Gasteiger partial charge on any atom is -0.481 e. The van der Waals surface area contributed by atoms with Gasteiger partial charge in [0.25, 0.3) is 0 Å². The van der Waals surface area contributed by atoms with Gasteiger partial charge >= 0.3 is 12.1 Å². The third-order valence-electron chi connectivity index (χ3n) is 5.73. The van der Waals surface area contributed by atoms with E-state index in [1.807, 2.05) is 48.5 Å². The molecule has 0 saturated heterocycles. The minimum atomic E-state index is -3.39. The smallest absolute Gasteiger partial charge is 0.407 e. The molecule has 1 atom stereocenters. The number of carbonyl (C=O) groups excluding carboxylic acids is 1. The van der Waals surface area contributed by atoms with Crippen molar-refractivity contribution < 1.29 is 27.9 Å². The van der Waals surface area contributed by atoms with Crippen molar-refractivity contribution in [3.63, 3.8) is 0 Å². The van der Waals surface area contributed by atoms with E-state index in [0.29, 0.717) is 5.56 Å². The maximum Gasteiger partial charge on any atom is 0.407 e. The number of carboxylic acid groups (broad SMARTS) is 1. The van der Waals surface area contributed by atoms with Crippen LogP contribution in [0.25, 0.3) is 11.1 Å². The number of ether oxygens (including phenoxy) is 1. The Hall–Kier alpha value is -3.65. The molecule has 7 nitrogen and oxygen atoms in total. The van der Waals surface area contributed by atoms with Crippen molar-refractivity contribution in [2.75, 3.05) is 12.9 Å². The van der Waals surface area contributed by atoms with Crippen molar-refractivity contribution >= 4 is 21.9 Å². The molecule has 3 aromatic rings. The molecule has 33 heavy (non-hydrogen) atoms. The first-order valence-electron chi connectivity index (χ1n) is 10.4. The molecular formula is C25H23NO6S. The van der Waals surface area contributed by atoms with Gasteiger partial charge in [-0.1, -0.05) is 60.7 Å². The second-order valence-electron chi connectivity index (χ2n) is 7.96. The fourth-order valence-corrected chi connectivity index (χ4v) is 4.79. The van der Waals surface area contributed by atoms with E-state index in [0.717, 1.165) is 28.5 Å². The maximum absolute atomic E-state index is 12.6. The molecule has 1 amide bonds. The molecule has 1 aliphatic carbocycles. The molecule has 1 unspecified atom stereocenters. The van der Waals surface area contributed by atoms with Crippen LogP contribution < -0.4 is 5.32 Å². The summed E-state index contributed by atoms with van der Waals surface area (Å²) in [5, 5.41) is 11.9. The predicted octanol–water partition coefficient (Wildman–Crippen LogP) is 4.14. The molecule has 0 bridgehead atoms. The summed E-state index contributed by atoms with van der Waals surface area (Å²) in [5.74, 6) is -1.22. The number of fused-ring (bicyclic) bond motifs is 3. The number of rotatable bonds is 7. The summed E-state index contributed by atoms with van der Waals surface area (Å²) in [4.78, 5) is 24.0. The Morgan fingerprint density at radius 3 is 2.00 bits per heavy atom. The minimum absolute atomic E-state index is 0.104. The van der Waals surface area contributed by atoms with Crippen molar-refractivity contribution in [1.29, 1.82) is 0 Å². The van der Waals surface area contributed by atoms with Crippen molar-refractivity contribution in [3.8, 4) is 11.1 Å². The lowest BCUT2D eigenvalue weighted by atomic mass is 9.98. The Labute approximate surface area is 192 Å². The molecule has 2 N–H and O–H groups in total. The molecule has 0 aliphatic heterocycles. The fourth-order valence-electron chi connectivity index (χ4n) is 4.16. The first-order valence-corrected chi connectivity index (χ1v) is 12.3. The molecule has 0 aromatic heterocycles. The number of carbonyl (C=O) groups is 2. The largest absolute Gasteiger partial charge is 0.481 e. The Kier molecular flexibility index (Phi) is 6.20. The molecule has 0 saturated carbocycles. The average Bonchev–Trinajstić information content (AvgIpc) is 3.10. The van der Waals surface area contributed by atoms with Gasteiger partial charge in [-0.05, 0) is 39.9 Å². The molecular weight excluding hydrogens is 442 g/mol. The van der Waals surface area contributed by atoms with Crippen molar-refractivity contribution in [1.82, 2.24) is 5.32 Å². The highest BCUT2D eigenvalue weighted by atomic mass is 32.2. The van der Waals surface area contributed by atoms with Gasteiger partial charge in [0, 0.05) is 12.2 Å². The fraction of sp³-hybridized carbons (Fsp3) is 0.200. The van der Waals surface area contributed by atoms with Crippen LogP contribution in [-0.4, -0.2) is 38.4 Å². The number of sulfone groups is 1. The maximum atomic E-state index is 12.6. The van der Waals surface area contributed by atoms with Crippen molar-refractivity contribution in [2.24, 2.45) is 0 Å². The highest BCUT2D eigenvalue weighted by molar-refractivity contribution is 7.90. The average molecular weight is 466 g/mol. The van der Waals surface area contributed by atoms with E-state index in [1.54, 1.807) is 0 Å². The molecule has 8 heteroatoms. The van der Waals surface area contributed by atoms with Crippen LogP contribution in [0.15, 0.2) is 77.7 Å². The summed E-state index contributed by atoms with van der Waals surface area (Å²) in [7, 11) is -3.39. The normalized spacial score (nSPS) is 13.6. The molecule has 170 valence electrons. The predicted molar refractivity (Wildman–Crippen MR) is 123 cm³/mol. The lowest BCUT2D eigenvalue weighted by Gasteiger charge is -2.19. The Balaban J connectivity index is 1.48. The third-order valence-corrected chi connectivity index (χ3v) is 6.85. The van der Waals surface area contributed by atoms with Gasteiger partial charge in [0.05, 0.1) is 17.4 Å². The molecule has 3 aromatic carbocycles. The van der Waals surface area contributed by atoms with E-state index in [4.69, 9.17) is 4.74 Å². The summed E-state index contributed by atoms with van der Waals surface area (Å²) in [5.41, 5.74) is 4.84. The first-order chi connectivity index (χ1) is 15.7. The van der Waals surface area contributed by atoms with E-state index in [9.17, 15) is 23.1 Å². The van der Waals surface area contributed by atoms with Crippen molar-refractivity contribution in [2.45, 2.75) is 23.3 Å². The first kappa shape index (κ1) is 22.5. The topological polar surface area (TPSA) is 110 Å². The van der Waals surface area contributed by atoms with E-state index >= 15 is 0 Å². The molecule has 0 spiro atoms. The van der Waals surface area contributed by atoms with Crippen LogP contribution in [0.5, 0.6) is 0 Å². The SMILES string of the molecule is CS(=O)(=O)c1ccc(C(CC(=O)O)NC(=O)OCC2c3ccccc3-c3ccccc32)cc1. The zero-order valence-corrected chi connectivity index (χ0v) is 18.7. The van der Waals surface area contributed by atoms with Crippen LogP contribution in [-0.2, 0) is 19.4 Å². The number of amides is 1. The highest BCUT2D eigenvalue weighted by Crippen LogP contribution is 2.44. The second-order valence-corrected chi connectivity index (χ2v) is 9.98. The van der Waals surface area contributed by atoms with Gasteiger partial charge < -0.3 is 15.2 Å². The van der Waals surface area contributed by atoms with Gasteiger partial charge in [-0.25, -0.2) is 13.2 Å². The van der Waals surface area contributed by atoms with E-state index in [1.165, 1.54) is 24.3 Å². The van der Waals surface area contributed by atoms with Gasteiger partial charge in [0.1, 0.15) is 6.61 Å². The molecule has 0 radical (unpaired) electrons.